The monoisotopic (exact) mass is 466 g/mol. The highest BCUT2D eigenvalue weighted by Gasteiger charge is 2.32. The summed E-state index contributed by atoms with van der Waals surface area (Å²) in [6, 6.07) is 14.1. The molecule has 0 saturated carbocycles. The Balaban J connectivity index is 1.61. The summed E-state index contributed by atoms with van der Waals surface area (Å²) in [6.07, 6.45) is 0.638. The number of hydrogen-bond donors (Lipinski definition) is 1. The SMILES string of the molecule is O=C(Nc1cccc(Cl)c1Cl)c1sccc1S(=O)(=O)N1CCc2ccccc2C1. The molecule has 2 heterocycles. The summed E-state index contributed by atoms with van der Waals surface area (Å²) in [7, 11) is -3.82. The highest BCUT2D eigenvalue weighted by molar-refractivity contribution is 7.89. The summed E-state index contributed by atoms with van der Waals surface area (Å²) < 4.78 is 27.9. The van der Waals surface area contributed by atoms with E-state index >= 15 is 0 Å². The first-order valence-electron chi connectivity index (χ1n) is 8.77. The number of anilines is 1. The van der Waals surface area contributed by atoms with E-state index < -0.39 is 15.9 Å². The minimum absolute atomic E-state index is 0.00229. The van der Waals surface area contributed by atoms with Gasteiger partial charge < -0.3 is 5.32 Å². The second-order valence-electron chi connectivity index (χ2n) is 6.53. The van der Waals surface area contributed by atoms with Crippen molar-refractivity contribution < 1.29 is 13.2 Å². The van der Waals surface area contributed by atoms with Crippen LogP contribution in [0, 0.1) is 0 Å². The van der Waals surface area contributed by atoms with Crippen LogP contribution in [0.25, 0.3) is 0 Å². The number of amides is 1. The maximum absolute atomic E-state index is 13.3. The first-order chi connectivity index (χ1) is 13.9. The minimum atomic E-state index is -3.82. The maximum Gasteiger partial charge on any atom is 0.267 e. The van der Waals surface area contributed by atoms with E-state index in [4.69, 9.17) is 23.2 Å². The maximum atomic E-state index is 13.3. The van der Waals surface area contributed by atoms with Crippen molar-refractivity contribution in [3.05, 3.63) is 80.0 Å². The molecule has 1 aliphatic heterocycles. The molecule has 0 unspecified atom stereocenters. The van der Waals surface area contributed by atoms with Gasteiger partial charge in [0.2, 0.25) is 10.0 Å². The fourth-order valence-corrected chi connectivity index (χ4v) is 6.32. The third-order valence-electron chi connectivity index (χ3n) is 4.75. The van der Waals surface area contributed by atoms with Crippen LogP contribution in [0.2, 0.25) is 10.0 Å². The van der Waals surface area contributed by atoms with Crippen LogP contribution in [-0.4, -0.2) is 25.2 Å². The van der Waals surface area contributed by atoms with Gasteiger partial charge in [-0.05, 0) is 41.1 Å². The molecule has 4 rings (SSSR count). The fourth-order valence-electron chi connectivity index (χ4n) is 3.26. The molecule has 1 aliphatic rings. The molecule has 0 fully saturated rings. The number of halogens is 2. The zero-order chi connectivity index (χ0) is 20.6. The van der Waals surface area contributed by atoms with Crippen molar-refractivity contribution in [2.75, 3.05) is 11.9 Å². The Labute approximate surface area is 182 Å². The van der Waals surface area contributed by atoms with Crippen LogP contribution >= 0.6 is 34.5 Å². The van der Waals surface area contributed by atoms with Gasteiger partial charge in [-0.3, -0.25) is 4.79 Å². The molecule has 0 radical (unpaired) electrons. The van der Waals surface area contributed by atoms with Crippen LogP contribution in [0.1, 0.15) is 20.8 Å². The molecular weight excluding hydrogens is 451 g/mol. The number of carbonyl (C=O) groups is 1. The second-order valence-corrected chi connectivity index (χ2v) is 10.1. The van der Waals surface area contributed by atoms with Crippen LogP contribution in [-0.2, 0) is 23.0 Å². The third kappa shape index (κ3) is 3.93. The van der Waals surface area contributed by atoms with Crippen LogP contribution < -0.4 is 5.32 Å². The molecule has 0 spiro atoms. The average Bonchev–Trinajstić information content (AvgIpc) is 3.22. The van der Waals surface area contributed by atoms with Crippen molar-refractivity contribution >= 4 is 56.2 Å². The molecule has 0 aliphatic carbocycles. The number of rotatable bonds is 4. The van der Waals surface area contributed by atoms with Crippen molar-refractivity contribution in [3.8, 4) is 0 Å². The van der Waals surface area contributed by atoms with E-state index in [9.17, 15) is 13.2 Å². The van der Waals surface area contributed by atoms with Gasteiger partial charge in [-0.15, -0.1) is 11.3 Å². The molecule has 5 nitrogen and oxygen atoms in total. The number of nitrogens with zero attached hydrogens (tertiary/aromatic N) is 1. The van der Waals surface area contributed by atoms with Crippen LogP contribution in [0.5, 0.6) is 0 Å². The first-order valence-corrected chi connectivity index (χ1v) is 11.9. The van der Waals surface area contributed by atoms with E-state index in [0.29, 0.717) is 23.7 Å². The van der Waals surface area contributed by atoms with Gasteiger partial charge in [0.15, 0.2) is 0 Å². The zero-order valence-corrected chi connectivity index (χ0v) is 18.2. The number of benzene rings is 2. The van der Waals surface area contributed by atoms with Crippen LogP contribution in [0.15, 0.2) is 58.8 Å². The predicted octanol–water partition coefficient (Wildman–Crippen LogP) is 5.05. The van der Waals surface area contributed by atoms with E-state index in [1.165, 1.54) is 10.4 Å². The standard InChI is InChI=1S/C20H16Cl2N2O3S2/c21-15-6-3-7-16(18(15)22)23-20(25)19-17(9-11-28-19)29(26,27)24-10-8-13-4-1-2-5-14(13)12-24/h1-7,9,11H,8,10,12H2,(H,23,25). The lowest BCUT2D eigenvalue weighted by Gasteiger charge is -2.28. The third-order valence-corrected chi connectivity index (χ3v) is 8.50. The lowest BCUT2D eigenvalue weighted by molar-refractivity contribution is 0.102. The molecule has 1 N–H and O–H groups in total. The Morgan fingerprint density at radius 1 is 1.03 bits per heavy atom. The molecule has 1 aromatic heterocycles. The van der Waals surface area contributed by atoms with Gasteiger partial charge in [0.25, 0.3) is 5.91 Å². The van der Waals surface area contributed by atoms with E-state index in [1.807, 2.05) is 24.3 Å². The molecule has 0 bridgehead atoms. The molecule has 2 aromatic carbocycles. The normalized spacial score (nSPS) is 14.4. The topological polar surface area (TPSA) is 66.5 Å². The van der Waals surface area contributed by atoms with Gasteiger partial charge in [0.1, 0.15) is 9.77 Å². The quantitative estimate of drug-likeness (QED) is 0.584. The van der Waals surface area contributed by atoms with Gasteiger partial charge in [-0.1, -0.05) is 53.5 Å². The molecule has 9 heteroatoms. The van der Waals surface area contributed by atoms with Crippen LogP contribution in [0.3, 0.4) is 0 Å². The number of sulfonamides is 1. The van der Waals surface area contributed by atoms with Crippen molar-refractivity contribution in [3.63, 3.8) is 0 Å². The summed E-state index contributed by atoms with van der Waals surface area (Å²) in [6.45, 7) is 0.659. The van der Waals surface area contributed by atoms with E-state index in [1.54, 1.807) is 23.6 Å². The van der Waals surface area contributed by atoms with Crippen molar-refractivity contribution in [1.29, 1.82) is 0 Å². The number of fused-ring (bicyclic) bond motifs is 1. The molecule has 0 saturated heterocycles. The average molecular weight is 467 g/mol. The van der Waals surface area contributed by atoms with Crippen molar-refractivity contribution in [2.24, 2.45) is 0 Å². The number of hydrogen-bond acceptors (Lipinski definition) is 4. The number of nitrogens with one attached hydrogen (secondary N) is 1. The Hall–Kier alpha value is -1.90. The molecule has 1 amide bonds. The predicted molar refractivity (Wildman–Crippen MR) is 116 cm³/mol. The van der Waals surface area contributed by atoms with Gasteiger partial charge in [0, 0.05) is 13.1 Å². The first kappa shape index (κ1) is 20.4. The largest absolute Gasteiger partial charge is 0.320 e. The van der Waals surface area contributed by atoms with Gasteiger partial charge in [0.05, 0.1) is 15.7 Å². The van der Waals surface area contributed by atoms with Crippen molar-refractivity contribution in [2.45, 2.75) is 17.9 Å². The molecule has 29 heavy (non-hydrogen) atoms. The lowest BCUT2D eigenvalue weighted by Crippen LogP contribution is -2.36. The molecule has 150 valence electrons. The highest BCUT2D eigenvalue weighted by Crippen LogP contribution is 2.32. The Bertz CT molecular complexity index is 1190. The summed E-state index contributed by atoms with van der Waals surface area (Å²) >= 11 is 13.2. The number of thiophene rings is 1. The minimum Gasteiger partial charge on any atom is -0.320 e. The Morgan fingerprint density at radius 2 is 1.79 bits per heavy atom. The number of carbonyl (C=O) groups excluding carboxylic acids is 1. The highest BCUT2D eigenvalue weighted by atomic mass is 35.5. The Kier molecular flexibility index (Phi) is 5.68. The summed E-state index contributed by atoms with van der Waals surface area (Å²) in [5.74, 6) is -0.542. The van der Waals surface area contributed by atoms with Gasteiger partial charge >= 0.3 is 0 Å². The molecule has 0 atom stereocenters. The smallest absolute Gasteiger partial charge is 0.267 e. The van der Waals surface area contributed by atoms with E-state index in [0.717, 1.165) is 22.5 Å². The van der Waals surface area contributed by atoms with Crippen molar-refractivity contribution in [1.82, 2.24) is 4.31 Å². The summed E-state index contributed by atoms with van der Waals surface area (Å²) in [4.78, 5) is 12.9. The molecule has 3 aromatic rings. The Morgan fingerprint density at radius 3 is 2.59 bits per heavy atom. The fraction of sp³-hybridized carbons (Fsp3) is 0.150. The zero-order valence-electron chi connectivity index (χ0n) is 15.1. The second kappa shape index (κ2) is 8.08. The lowest BCUT2D eigenvalue weighted by atomic mass is 10.0. The summed E-state index contributed by atoms with van der Waals surface area (Å²) in [5, 5.41) is 4.76. The van der Waals surface area contributed by atoms with E-state index in [-0.39, 0.29) is 21.3 Å². The van der Waals surface area contributed by atoms with E-state index in [2.05, 4.69) is 5.32 Å². The van der Waals surface area contributed by atoms with Gasteiger partial charge in [-0.25, -0.2) is 8.42 Å². The van der Waals surface area contributed by atoms with Gasteiger partial charge in [-0.2, -0.15) is 4.31 Å². The summed E-state index contributed by atoms with van der Waals surface area (Å²) in [5.41, 5.74) is 2.46. The molecular formula is C20H16Cl2N2O3S2. The van der Waals surface area contributed by atoms with Crippen LogP contribution in [0.4, 0.5) is 5.69 Å².